The Bertz CT molecular complexity index is 2120. The lowest BCUT2D eigenvalue weighted by Crippen LogP contribution is -2.26. The summed E-state index contributed by atoms with van der Waals surface area (Å²) in [5, 5.41) is 38.7. The van der Waals surface area contributed by atoms with E-state index >= 15 is 0 Å². The highest BCUT2D eigenvalue weighted by Crippen LogP contribution is 2.37. The van der Waals surface area contributed by atoms with Crippen LogP contribution in [-0.2, 0) is 28.9 Å². The van der Waals surface area contributed by atoms with E-state index < -0.39 is 18.0 Å². The van der Waals surface area contributed by atoms with Gasteiger partial charge in [0.15, 0.2) is 0 Å². The Kier molecular flexibility index (Phi) is 14.9. The van der Waals surface area contributed by atoms with Gasteiger partial charge in [-0.25, -0.2) is 0 Å². The van der Waals surface area contributed by atoms with E-state index in [1.165, 1.54) is 16.7 Å². The van der Waals surface area contributed by atoms with E-state index in [0.717, 1.165) is 111 Å². The summed E-state index contributed by atoms with van der Waals surface area (Å²) in [6, 6.07) is -0.190. The van der Waals surface area contributed by atoms with Crippen LogP contribution in [0.5, 0.6) is 0 Å². The summed E-state index contributed by atoms with van der Waals surface area (Å²) in [5.41, 5.74) is 17.8. The molecule has 0 saturated carbocycles. The molecule has 312 valence electrons. The number of allylic oxidation sites excluding steroid dienone is 7. The molecule has 3 aliphatic heterocycles. The Labute approximate surface area is 345 Å². The first kappa shape index (κ1) is 44.1. The molecule has 5 heterocycles. The number of fused-ring (bicyclic) bond motifs is 8. The second-order valence-electron chi connectivity index (χ2n) is 16.9. The zero-order chi connectivity index (χ0) is 42.3. The number of nitrogens with one attached hydrogen (secondary N) is 4. The third-order valence-corrected chi connectivity index (χ3v) is 12.3. The van der Waals surface area contributed by atoms with Crippen LogP contribution < -0.4 is 10.6 Å². The van der Waals surface area contributed by atoms with Gasteiger partial charge in [-0.3, -0.25) is 9.59 Å². The minimum Gasteiger partial charge on any atom is -0.481 e. The van der Waals surface area contributed by atoms with Gasteiger partial charge in [-0.2, -0.15) is 0 Å². The van der Waals surface area contributed by atoms with E-state index in [-0.39, 0.29) is 24.9 Å². The number of carboxylic acid groups (broad SMARTS) is 2. The topological polar surface area (TPSA) is 150 Å². The molecule has 0 aliphatic carbocycles. The third kappa shape index (κ3) is 10.7. The number of aromatic amines is 2. The van der Waals surface area contributed by atoms with Gasteiger partial charge < -0.3 is 35.9 Å². The molecular formula is C49H66N4O5. The van der Waals surface area contributed by atoms with E-state index in [1.54, 1.807) is 0 Å². The zero-order valence-corrected chi connectivity index (χ0v) is 36.0. The average Bonchev–Trinajstić information content (AvgIpc) is 3.82. The molecule has 0 unspecified atom stereocenters. The first-order chi connectivity index (χ1) is 27.6. The highest BCUT2D eigenvalue weighted by atomic mass is 16.4. The van der Waals surface area contributed by atoms with Gasteiger partial charge in [-0.1, -0.05) is 47.6 Å². The normalized spacial score (nSPS) is 20.6. The van der Waals surface area contributed by atoms with Gasteiger partial charge >= 0.3 is 11.9 Å². The van der Waals surface area contributed by atoms with Crippen LogP contribution in [0.4, 0.5) is 0 Å². The summed E-state index contributed by atoms with van der Waals surface area (Å²) >= 11 is 0. The van der Waals surface area contributed by atoms with E-state index in [0.29, 0.717) is 32.1 Å². The van der Waals surface area contributed by atoms with Crippen molar-refractivity contribution >= 4 is 30.2 Å². The Balaban J connectivity index is 1.49. The molecule has 7 N–H and O–H groups in total. The SMILES string of the molecule is C=Cc1c2[nH]c(c1C)/C=C1\N[C@@H](Cc3[nH]c(c(CCC(=O)O)c3C)/C=C3\N[C@@H](C2)C(C)=C3CCC(=O)O)C(C)=C1[C@@H](O)CC/C=C(\C)CC/C=C(\C)CCC=C(C)C. The lowest BCUT2D eigenvalue weighted by atomic mass is 9.94. The number of aliphatic hydroxyl groups excluding tert-OH is 1. The smallest absolute Gasteiger partial charge is 0.303 e. The number of rotatable bonds is 17. The van der Waals surface area contributed by atoms with Crippen LogP contribution in [0.3, 0.4) is 0 Å². The third-order valence-electron chi connectivity index (χ3n) is 12.3. The lowest BCUT2D eigenvalue weighted by Gasteiger charge is -2.15. The van der Waals surface area contributed by atoms with E-state index in [1.807, 2.05) is 19.1 Å². The zero-order valence-electron chi connectivity index (χ0n) is 36.0. The van der Waals surface area contributed by atoms with Gasteiger partial charge in [0.1, 0.15) is 0 Å². The quantitative estimate of drug-likeness (QED) is 0.0789. The molecule has 3 atom stereocenters. The predicted molar refractivity (Wildman–Crippen MR) is 237 cm³/mol. The molecule has 2 aromatic heterocycles. The van der Waals surface area contributed by atoms with E-state index in [2.05, 4.69) is 100.0 Å². The lowest BCUT2D eigenvalue weighted by molar-refractivity contribution is -0.138. The number of hydrogen-bond acceptors (Lipinski definition) is 5. The largest absolute Gasteiger partial charge is 0.481 e. The molecule has 0 saturated heterocycles. The fourth-order valence-corrected chi connectivity index (χ4v) is 8.78. The standard InChI is InChI=1S/C49H66N4O5/c1-10-35-31(6)40-26-45-49(46(54)19-13-18-30(5)17-12-16-29(4)15-11-14-28(2)3)34(9)41(53-45)24-38-32(7)36(20-22-47(55)56)43(51-38)27-44-37(21-23-48(57)58)33(8)39(52-44)25-42(35)50-40/h10,14,16,18,26-27,39,41,46,50-54H,1,11-13,15,17,19-25H2,2-9H3,(H,55,56)(H,57,58)/b29-16+,30-18+,44-27-,45-26-/t39-,41-,46-/m0/s1. The number of hydrogen-bond donors (Lipinski definition) is 7. The number of carbonyl (C=O) groups is 2. The molecule has 0 amide bonds. The summed E-state index contributed by atoms with van der Waals surface area (Å²) in [6.45, 7) is 21.2. The maximum atomic E-state index is 11.9. The van der Waals surface area contributed by atoms with E-state index in [9.17, 15) is 24.9 Å². The summed E-state index contributed by atoms with van der Waals surface area (Å²) in [6.07, 6.45) is 19.9. The molecule has 58 heavy (non-hydrogen) atoms. The number of aliphatic hydroxyl groups is 1. The second-order valence-corrected chi connectivity index (χ2v) is 16.9. The van der Waals surface area contributed by atoms with Gasteiger partial charge in [0.25, 0.3) is 0 Å². The minimum absolute atomic E-state index is 0.00554. The van der Waals surface area contributed by atoms with Crippen LogP contribution in [0.25, 0.3) is 18.2 Å². The Morgan fingerprint density at radius 2 is 1.31 bits per heavy atom. The van der Waals surface area contributed by atoms with Crippen molar-refractivity contribution in [1.82, 2.24) is 20.6 Å². The summed E-state index contributed by atoms with van der Waals surface area (Å²) in [7, 11) is 0. The van der Waals surface area contributed by atoms with Crippen LogP contribution in [0, 0.1) is 13.8 Å². The number of aromatic nitrogens is 2. The van der Waals surface area contributed by atoms with Gasteiger partial charge in [-0.15, -0.1) is 0 Å². The molecule has 5 rings (SSSR count). The fraction of sp³-hybridized carbons (Fsp3) is 0.469. The van der Waals surface area contributed by atoms with E-state index in [4.69, 9.17) is 0 Å². The van der Waals surface area contributed by atoms with Crippen molar-refractivity contribution in [2.75, 3.05) is 0 Å². The fourth-order valence-electron chi connectivity index (χ4n) is 8.78. The van der Waals surface area contributed by atoms with Gasteiger partial charge in [0.05, 0.1) is 18.2 Å². The van der Waals surface area contributed by atoms with Crippen LogP contribution in [-0.4, -0.2) is 55.4 Å². The van der Waals surface area contributed by atoms with Gasteiger partial charge in [0.2, 0.25) is 0 Å². The molecule has 0 aromatic carbocycles. The van der Waals surface area contributed by atoms with Crippen molar-refractivity contribution in [2.45, 2.75) is 151 Å². The molecule has 9 nitrogen and oxygen atoms in total. The van der Waals surface area contributed by atoms with Crippen LogP contribution in [0.2, 0.25) is 0 Å². The number of carboxylic acids is 2. The molecule has 9 heteroatoms. The molecule has 8 bridgehead atoms. The predicted octanol–water partition coefficient (Wildman–Crippen LogP) is 10.1. The minimum atomic E-state index is -0.859. The maximum Gasteiger partial charge on any atom is 0.303 e. The van der Waals surface area contributed by atoms with Crippen molar-refractivity contribution in [3.8, 4) is 0 Å². The van der Waals surface area contributed by atoms with Crippen molar-refractivity contribution in [3.05, 3.63) is 120 Å². The van der Waals surface area contributed by atoms with Gasteiger partial charge in [0, 0.05) is 65.4 Å². The monoisotopic (exact) mass is 791 g/mol. The first-order valence-corrected chi connectivity index (χ1v) is 21.1. The molecule has 0 spiro atoms. The van der Waals surface area contributed by atoms with Crippen LogP contribution in [0.1, 0.15) is 144 Å². The molecule has 0 radical (unpaired) electrons. The maximum absolute atomic E-state index is 11.9. The average molecular weight is 791 g/mol. The first-order valence-electron chi connectivity index (χ1n) is 21.1. The molecule has 3 aliphatic rings. The molecule has 0 fully saturated rings. The molecule has 2 aromatic rings. The Morgan fingerprint density at radius 1 is 0.741 bits per heavy atom. The van der Waals surface area contributed by atoms with Crippen molar-refractivity contribution in [3.63, 3.8) is 0 Å². The highest BCUT2D eigenvalue weighted by molar-refractivity contribution is 5.72. The Hall–Kier alpha value is -5.02. The van der Waals surface area contributed by atoms with Gasteiger partial charge in [-0.05, 0) is 158 Å². The highest BCUT2D eigenvalue weighted by Gasteiger charge is 2.33. The molecular weight excluding hydrogens is 725 g/mol. The Morgan fingerprint density at radius 3 is 1.97 bits per heavy atom. The number of H-pyrrole nitrogens is 2. The van der Waals surface area contributed by atoms with Crippen molar-refractivity contribution in [2.24, 2.45) is 0 Å². The summed E-state index contributed by atoms with van der Waals surface area (Å²) in [4.78, 5) is 30.9. The van der Waals surface area contributed by atoms with Crippen LogP contribution >= 0.6 is 0 Å². The number of aliphatic carboxylic acids is 2. The summed E-state index contributed by atoms with van der Waals surface area (Å²) in [5.74, 6) is -1.71. The van der Waals surface area contributed by atoms with Crippen LogP contribution in [0.15, 0.2) is 75.2 Å². The van der Waals surface area contributed by atoms with Crippen molar-refractivity contribution < 1.29 is 24.9 Å². The second kappa shape index (κ2) is 19.6. The van der Waals surface area contributed by atoms with Crippen molar-refractivity contribution in [1.29, 1.82) is 0 Å². The summed E-state index contributed by atoms with van der Waals surface area (Å²) < 4.78 is 0.